The van der Waals surface area contributed by atoms with Gasteiger partial charge in [0.2, 0.25) is 0 Å². The van der Waals surface area contributed by atoms with Crippen LogP contribution in [0.25, 0.3) is 0 Å². The molecule has 0 atom stereocenters. The molecule has 0 aliphatic carbocycles. The molecule has 0 radical (unpaired) electrons. The van der Waals surface area contributed by atoms with Crippen molar-refractivity contribution in [2.45, 2.75) is 116 Å². The molecule has 134 valence electrons. The lowest BCUT2D eigenvalue weighted by atomic mass is 9.98. The average molecular weight is 383 g/mol. The van der Waals surface area contributed by atoms with Crippen LogP contribution in [0.3, 0.4) is 0 Å². The molecule has 0 bridgehead atoms. The van der Waals surface area contributed by atoms with E-state index in [4.69, 9.17) is 23.6 Å². The second-order valence-corrected chi connectivity index (χ2v) is 21.7. The molecule has 0 spiro atoms. The Labute approximate surface area is 151 Å². The maximum absolute atomic E-state index is 6.46. The summed E-state index contributed by atoms with van der Waals surface area (Å²) in [5.74, 6) is 0. The molecule has 0 aliphatic rings. The SMILES string of the molecule is CC(C)P(=S)(C(C)C)C(C)(C)C(C)(C)P(=S)(C(C)C)C(C)C. The van der Waals surface area contributed by atoms with Crippen molar-refractivity contribution < 1.29 is 0 Å². The number of rotatable bonds is 7. The molecule has 0 saturated carbocycles. The summed E-state index contributed by atoms with van der Waals surface area (Å²) in [5.41, 5.74) is 2.28. The highest BCUT2D eigenvalue weighted by atomic mass is 32.4. The minimum Gasteiger partial charge on any atom is -0.0964 e. The summed E-state index contributed by atoms with van der Waals surface area (Å²) >= 11 is 12.9. The van der Waals surface area contributed by atoms with Gasteiger partial charge in [0, 0.05) is 10.3 Å². The van der Waals surface area contributed by atoms with Crippen molar-refractivity contribution in [2.75, 3.05) is 0 Å². The molecule has 0 unspecified atom stereocenters. The molecule has 22 heavy (non-hydrogen) atoms. The van der Waals surface area contributed by atoms with E-state index in [9.17, 15) is 0 Å². The molecule has 0 nitrogen and oxygen atoms in total. The molecule has 0 amide bonds. The lowest BCUT2D eigenvalue weighted by molar-refractivity contribution is 0.514. The summed E-state index contributed by atoms with van der Waals surface area (Å²) < 4.78 is 0. The van der Waals surface area contributed by atoms with Gasteiger partial charge in [0.05, 0.1) is 0 Å². The Balaban J connectivity index is 6.51. The van der Waals surface area contributed by atoms with Gasteiger partial charge in [-0.1, -0.05) is 107 Å². The fourth-order valence-corrected chi connectivity index (χ4v) is 16.7. The standard InChI is InChI=1S/C18H40P2S2/c1-13(2)19(21,14(3)4)17(9,10)18(11,12)20(22,15(5)6)16(7)8/h13-16H,1-12H3. The van der Waals surface area contributed by atoms with Crippen LogP contribution in [0.4, 0.5) is 0 Å². The zero-order valence-corrected chi connectivity index (χ0v) is 20.4. The predicted octanol–water partition coefficient (Wildman–Crippen LogP) is 7.14. The highest BCUT2D eigenvalue weighted by Gasteiger charge is 2.56. The highest BCUT2D eigenvalue weighted by molar-refractivity contribution is 8.18. The molecule has 4 heteroatoms. The lowest BCUT2D eigenvalue weighted by Gasteiger charge is -2.59. The van der Waals surface area contributed by atoms with Crippen molar-refractivity contribution in [1.29, 1.82) is 0 Å². The Morgan fingerprint density at radius 3 is 0.727 bits per heavy atom. The van der Waals surface area contributed by atoms with Gasteiger partial charge in [0.15, 0.2) is 0 Å². The first-order chi connectivity index (χ1) is 9.52. The van der Waals surface area contributed by atoms with E-state index in [0.29, 0.717) is 22.6 Å². The van der Waals surface area contributed by atoms with Crippen LogP contribution in [0.1, 0.15) is 83.1 Å². The van der Waals surface area contributed by atoms with Crippen molar-refractivity contribution in [3.63, 3.8) is 0 Å². The Morgan fingerprint density at radius 2 is 0.636 bits per heavy atom. The van der Waals surface area contributed by atoms with Crippen molar-refractivity contribution in [2.24, 2.45) is 0 Å². The Morgan fingerprint density at radius 1 is 0.500 bits per heavy atom. The van der Waals surface area contributed by atoms with Crippen molar-refractivity contribution in [3.8, 4) is 0 Å². The summed E-state index contributed by atoms with van der Waals surface area (Å²) in [7, 11) is 0. The molecular weight excluding hydrogens is 342 g/mol. The van der Waals surface area contributed by atoms with Crippen molar-refractivity contribution >= 4 is 35.7 Å². The van der Waals surface area contributed by atoms with E-state index in [-0.39, 0.29) is 10.3 Å². The Kier molecular flexibility index (Phi) is 7.70. The van der Waals surface area contributed by atoms with Gasteiger partial charge in [-0.05, 0) is 34.7 Å². The zero-order chi connectivity index (χ0) is 18.3. The smallest absolute Gasteiger partial charge is 0.00415 e. The largest absolute Gasteiger partial charge is 0.0964 e. The van der Waals surface area contributed by atoms with Gasteiger partial charge < -0.3 is 0 Å². The van der Waals surface area contributed by atoms with Gasteiger partial charge in [-0.2, -0.15) is 0 Å². The molecule has 0 aromatic carbocycles. The van der Waals surface area contributed by atoms with Crippen LogP contribution in [0, 0.1) is 0 Å². The van der Waals surface area contributed by atoms with E-state index in [1.54, 1.807) is 0 Å². The van der Waals surface area contributed by atoms with Gasteiger partial charge >= 0.3 is 0 Å². The van der Waals surface area contributed by atoms with Gasteiger partial charge in [-0.25, -0.2) is 0 Å². The van der Waals surface area contributed by atoms with Crippen LogP contribution in [-0.4, -0.2) is 32.9 Å². The van der Waals surface area contributed by atoms with Crippen LogP contribution in [0.2, 0.25) is 0 Å². The summed E-state index contributed by atoms with van der Waals surface area (Å²) in [5, 5.41) is 0.226. The van der Waals surface area contributed by atoms with Crippen LogP contribution in [0.15, 0.2) is 0 Å². The molecule has 0 heterocycles. The molecule has 0 aromatic heterocycles. The molecular formula is C18H40P2S2. The summed E-state index contributed by atoms with van der Waals surface area (Å²) in [6.45, 7) is 28.5. The Hall–Kier alpha value is 1.30. The third-order valence-electron chi connectivity index (χ3n) is 6.31. The normalized spacial score (nSPS) is 15.5. The van der Waals surface area contributed by atoms with Crippen molar-refractivity contribution in [3.05, 3.63) is 0 Å². The first-order valence-corrected chi connectivity index (χ1v) is 14.6. The van der Waals surface area contributed by atoms with Crippen LogP contribution in [0.5, 0.6) is 0 Å². The first kappa shape index (κ1) is 23.3. The monoisotopic (exact) mass is 382 g/mol. The molecule has 0 N–H and O–H groups in total. The van der Waals surface area contributed by atoms with E-state index in [1.807, 2.05) is 0 Å². The second kappa shape index (κ2) is 7.27. The topological polar surface area (TPSA) is 0 Å². The summed E-state index contributed by atoms with van der Waals surface area (Å²) in [6, 6.07) is -3.14. The van der Waals surface area contributed by atoms with Gasteiger partial charge in [0.1, 0.15) is 0 Å². The van der Waals surface area contributed by atoms with Crippen molar-refractivity contribution in [1.82, 2.24) is 0 Å². The number of hydrogen-bond acceptors (Lipinski definition) is 2. The number of hydrogen-bond donors (Lipinski definition) is 0. The first-order valence-electron chi connectivity index (χ1n) is 8.71. The quantitative estimate of drug-likeness (QED) is 0.429. The lowest BCUT2D eigenvalue weighted by Crippen LogP contribution is -2.50. The van der Waals surface area contributed by atoms with E-state index in [0.717, 1.165) is 0 Å². The molecule has 0 aromatic rings. The van der Waals surface area contributed by atoms with Crippen LogP contribution in [-0.2, 0) is 23.6 Å². The average Bonchev–Trinajstić information content (AvgIpc) is 2.34. The van der Waals surface area contributed by atoms with E-state index >= 15 is 0 Å². The second-order valence-electron chi connectivity index (χ2n) is 8.91. The van der Waals surface area contributed by atoms with Gasteiger partial charge in [-0.15, -0.1) is 0 Å². The minimum atomic E-state index is -1.57. The maximum Gasteiger partial charge on any atom is 0.00415 e. The molecule has 0 rings (SSSR count). The Bertz CT molecular complexity index is 403. The maximum atomic E-state index is 6.46. The fraction of sp³-hybridized carbons (Fsp3) is 1.00. The van der Waals surface area contributed by atoms with E-state index in [2.05, 4.69) is 83.1 Å². The summed E-state index contributed by atoms with van der Waals surface area (Å²) in [4.78, 5) is 0. The third-order valence-corrected chi connectivity index (χ3v) is 25.0. The summed E-state index contributed by atoms with van der Waals surface area (Å²) in [6.07, 6.45) is 0. The molecule has 0 fully saturated rings. The van der Waals surface area contributed by atoms with Crippen LogP contribution >= 0.6 is 12.1 Å². The highest BCUT2D eigenvalue weighted by Crippen LogP contribution is 2.78. The van der Waals surface area contributed by atoms with Gasteiger partial charge in [0.25, 0.3) is 0 Å². The zero-order valence-electron chi connectivity index (χ0n) is 17.0. The van der Waals surface area contributed by atoms with E-state index < -0.39 is 12.1 Å². The fourth-order valence-electron chi connectivity index (χ4n) is 4.63. The minimum absolute atomic E-state index is 0.113. The molecule has 0 saturated heterocycles. The van der Waals surface area contributed by atoms with Gasteiger partial charge in [-0.3, -0.25) is 0 Å². The van der Waals surface area contributed by atoms with Crippen LogP contribution < -0.4 is 0 Å². The van der Waals surface area contributed by atoms with E-state index in [1.165, 1.54) is 0 Å². The third kappa shape index (κ3) is 3.21. The molecule has 0 aliphatic heterocycles. The predicted molar refractivity (Wildman–Crippen MR) is 117 cm³/mol.